The first-order valence-electron chi connectivity index (χ1n) is 5.12. The summed E-state index contributed by atoms with van der Waals surface area (Å²) >= 11 is 6.85. The van der Waals surface area contributed by atoms with E-state index in [0.717, 1.165) is 16.2 Å². The Kier molecular flexibility index (Phi) is 2.65. The van der Waals surface area contributed by atoms with Crippen LogP contribution in [0.5, 0.6) is 0 Å². The van der Waals surface area contributed by atoms with E-state index >= 15 is 0 Å². The summed E-state index contributed by atoms with van der Waals surface area (Å²) in [4.78, 5) is 0. The molecule has 0 spiro atoms. The first-order chi connectivity index (χ1) is 6.40. The van der Waals surface area contributed by atoms with Crippen LogP contribution in [-0.4, -0.2) is 11.2 Å². The molecule has 0 amide bonds. The van der Waals surface area contributed by atoms with Gasteiger partial charge in [-0.3, -0.25) is 0 Å². The van der Waals surface area contributed by atoms with E-state index in [1.54, 1.807) is 0 Å². The third-order valence-electron chi connectivity index (χ3n) is 4.60. The average molecular weight is 324 g/mol. The van der Waals surface area contributed by atoms with E-state index in [2.05, 4.69) is 51.8 Å². The summed E-state index contributed by atoms with van der Waals surface area (Å²) in [7, 11) is 0. The summed E-state index contributed by atoms with van der Waals surface area (Å²) in [5.41, 5.74) is 0.221. The molecule has 2 rings (SSSR count). The number of aliphatic hydroxyl groups is 1. The third-order valence-corrected chi connectivity index (χ3v) is 5.05. The van der Waals surface area contributed by atoms with Crippen molar-refractivity contribution in [2.75, 3.05) is 0 Å². The molecule has 3 heteroatoms. The quantitative estimate of drug-likeness (QED) is 0.778. The van der Waals surface area contributed by atoms with Crippen LogP contribution >= 0.6 is 31.9 Å². The van der Waals surface area contributed by atoms with Gasteiger partial charge in [0.1, 0.15) is 0 Å². The van der Waals surface area contributed by atoms with Crippen molar-refractivity contribution in [3.05, 3.63) is 9.47 Å². The summed E-state index contributed by atoms with van der Waals surface area (Å²) in [5.74, 6) is 0.688. The van der Waals surface area contributed by atoms with E-state index in [4.69, 9.17) is 0 Å². The molecule has 0 saturated heterocycles. The zero-order valence-corrected chi connectivity index (χ0v) is 11.7. The monoisotopic (exact) mass is 322 g/mol. The van der Waals surface area contributed by atoms with Crippen molar-refractivity contribution in [1.29, 1.82) is 0 Å². The maximum absolute atomic E-state index is 10.2. The first kappa shape index (κ1) is 11.2. The number of hydrogen-bond donors (Lipinski definition) is 1. The van der Waals surface area contributed by atoms with Gasteiger partial charge in [0.05, 0.1) is 9.50 Å². The molecule has 1 N–H and O–H groups in total. The standard InChI is InChI=1S/C11H16Br2O/c1-10(2)7-3-4-11(10,6-9(12)13)8(14)5-7/h6-8,14H,3-5H2,1-2H3/t7-,8-,11+/m0/s1. The normalized spacial score (nSPS) is 44.1. The summed E-state index contributed by atoms with van der Waals surface area (Å²) in [6, 6.07) is 0. The molecule has 2 aliphatic rings. The lowest BCUT2D eigenvalue weighted by Gasteiger charge is -2.38. The number of rotatable bonds is 1. The van der Waals surface area contributed by atoms with Gasteiger partial charge in [0, 0.05) is 5.41 Å². The van der Waals surface area contributed by atoms with Crippen molar-refractivity contribution in [3.8, 4) is 0 Å². The van der Waals surface area contributed by atoms with E-state index in [1.165, 1.54) is 6.42 Å². The van der Waals surface area contributed by atoms with Gasteiger partial charge < -0.3 is 5.11 Å². The van der Waals surface area contributed by atoms with E-state index in [0.29, 0.717) is 5.92 Å². The van der Waals surface area contributed by atoms with Gasteiger partial charge in [-0.05, 0) is 62.5 Å². The van der Waals surface area contributed by atoms with E-state index in [-0.39, 0.29) is 16.9 Å². The topological polar surface area (TPSA) is 20.2 Å². The Balaban J connectivity index is 2.44. The smallest absolute Gasteiger partial charge is 0.0639 e. The second-order valence-corrected chi connectivity index (χ2v) is 7.96. The molecule has 14 heavy (non-hydrogen) atoms. The summed E-state index contributed by atoms with van der Waals surface area (Å²) in [6.07, 6.45) is 5.35. The van der Waals surface area contributed by atoms with Gasteiger partial charge in [-0.25, -0.2) is 0 Å². The Bertz CT molecular complexity index is 281. The Morgan fingerprint density at radius 2 is 2.07 bits per heavy atom. The van der Waals surface area contributed by atoms with Crippen LogP contribution in [0.15, 0.2) is 9.47 Å². The van der Waals surface area contributed by atoms with E-state index in [9.17, 15) is 5.11 Å². The second kappa shape index (κ2) is 3.33. The fourth-order valence-electron chi connectivity index (χ4n) is 3.51. The van der Waals surface area contributed by atoms with Gasteiger partial charge in [-0.2, -0.15) is 0 Å². The maximum Gasteiger partial charge on any atom is 0.0639 e. The van der Waals surface area contributed by atoms with Gasteiger partial charge in [-0.15, -0.1) is 0 Å². The highest BCUT2D eigenvalue weighted by Gasteiger charge is 2.62. The molecular formula is C11H16Br2O. The second-order valence-electron chi connectivity index (χ2n) is 5.18. The van der Waals surface area contributed by atoms with Crippen molar-refractivity contribution < 1.29 is 5.11 Å². The molecule has 0 aromatic heterocycles. The summed E-state index contributed by atoms with van der Waals surface area (Å²) in [5, 5.41) is 10.2. The molecule has 0 aromatic rings. The number of aliphatic hydroxyl groups excluding tert-OH is 1. The average Bonchev–Trinajstić information content (AvgIpc) is 2.36. The van der Waals surface area contributed by atoms with Crippen LogP contribution in [0.1, 0.15) is 33.1 Å². The van der Waals surface area contributed by atoms with Gasteiger partial charge in [-0.1, -0.05) is 19.9 Å². The Morgan fingerprint density at radius 1 is 1.43 bits per heavy atom. The highest BCUT2D eigenvalue weighted by Crippen LogP contribution is 2.66. The fourth-order valence-corrected chi connectivity index (χ4v) is 4.33. The molecule has 2 bridgehead atoms. The lowest BCUT2D eigenvalue weighted by molar-refractivity contribution is 0.0369. The predicted octanol–water partition coefficient (Wildman–Crippen LogP) is 3.80. The van der Waals surface area contributed by atoms with Crippen LogP contribution in [0, 0.1) is 16.7 Å². The zero-order valence-electron chi connectivity index (χ0n) is 8.56. The van der Waals surface area contributed by atoms with Crippen LogP contribution in [-0.2, 0) is 0 Å². The number of halogens is 2. The lowest BCUT2D eigenvalue weighted by atomic mass is 9.68. The third kappa shape index (κ3) is 1.28. The SMILES string of the molecule is CC1(C)[C@H]2CC[C@@]1(C=C(Br)Br)[C@@H](O)C2. The summed E-state index contributed by atoms with van der Waals surface area (Å²) in [6.45, 7) is 4.58. The van der Waals surface area contributed by atoms with E-state index in [1.807, 2.05) is 0 Å². The van der Waals surface area contributed by atoms with Gasteiger partial charge in [0.2, 0.25) is 0 Å². The van der Waals surface area contributed by atoms with Crippen LogP contribution in [0.4, 0.5) is 0 Å². The van der Waals surface area contributed by atoms with Crippen molar-refractivity contribution in [3.63, 3.8) is 0 Å². The minimum atomic E-state index is -0.165. The highest BCUT2D eigenvalue weighted by molar-refractivity contribution is 9.28. The molecule has 2 aliphatic carbocycles. The van der Waals surface area contributed by atoms with Gasteiger partial charge in [0.15, 0.2) is 0 Å². The molecule has 1 nitrogen and oxygen atoms in total. The lowest BCUT2D eigenvalue weighted by Crippen LogP contribution is -2.36. The maximum atomic E-state index is 10.2. The molecule has 3 atom stereocenters. The first-order valence-corrected chi connectivity index (χ1v) is 6.71. The zero-order chi connectivity index (χ0) is 10.6. The van der Waals surface area contributed by atoms with Gasteiger partial charge >= 0.3 is 0 Å². The predicted molar refractivity (Wildman–Crippen MR) is 65.5 cm³/mol. The van der Waals surface area contributed by atoms with Crippen LogP contribution in [0.3, 0.4) is 0 Å². The number of hydrogen-bond acceptors (Lipinski definition) is 1. The van der Waals surface area contributed by atoms with Crippen LogP contribution in [0.25, 0.3) is 0 Å². The van der Waals surface area contributed by atoms with Gasteiger partial charge in [0.25, 0.3) is 0 Å². The molecule has 0 unspecified atom stereocenters. The molecule has 0 radical (unpaired) electrons. The molecule has 2 saturated carbocycles. The largest absolute Gasteiger partial charge is 0.392 e. The minimum Gasteiger partial charge on any atom is -0.392 e. The van der Waals surface area contributed by atoms with Crippen molar-refractivity contribution in [2.24, 2.45) is 16.7 Å². The Labute approximate surface area is 102 Å². The molecule has 0 aliphatic heterocycles. The highest BCUT2D eigenvalue weighted by atomic mass is 79.9. The number of fused-ring (bicyclic) bond motifs is 2. The Hall–Kier alpha value is 0.660. The molecule has 2 fully saturated rings. The fraction of sp³-hybridized carbons (Fsp3) is 0.818. The van der Waals surface area contributed by atoms with E-state index < -0.39 is 0 Å². The van der Waals surface area contributed by atoms with Crippen LogP contribution in [0.2, 0.25) is 0 Å². The van der Waals surface area contributed by atoms with Crippen LogP contribution < -0.4 is 0 Å². The Morgan fingerprint density at radius 3 is 2.43 bits per heavy atom. The molecular weight excluding hydrogens is 308 g/mol. The molecule has 80 valence electrons. The molecule has 0 aromatic carbocycles. The minimum absolute atomic E-state index is 0.0139. The molecule has 0 heterocycles. The van der Waals surface area contributed by atoms with Crippen molar-refractivity contribution in [1.82, 2.24) is 0 Å². The van der Waals surface area contributed by atoms with Crippen molar-refractivity contribution >= 4 is 31.9 Å². The summed E-state index contributed by atoms with van der Waals surface area (Å²) < 4.78 is 0.972. The van der Waals surface area contributed by atoms with Crippen molar-refractivity contribution in [2.45, 2.75) is 39.2 Å².